The van der Waals surface area contributed by atoms with Crippen LogP contribution in [0.15, 0.2) is 0 Å². The highest BCUT2D eigenvalue weighted by Gasteiger charge is 2.50. The number of carbonyl (C=O) groups excluding carboxylic acids is 1. The van der Waals surface area contributed by atoms with Gasteiger partial charge in [-0.15, -0.1) is 0 Å². The van der Waals surface area contributed by atoms with E-state index in [-0.39, 0.29) is 17.2 Å². The molecular weight excluding hydrogens is 152 g/mol. The molecule has 0 saturated heterocycles. The highest BCUT2D eigenvalue weighted by molar-refractivity contribution is 5.82. The lowest BCUT2D eigenvalue weighted by molar-refractivity contribution is -0.122. The normalized spacial score (nSPS) is 25.1. The molecule has 1 atom stereocenters. The fraction of sp³-hybridized carbons (Fsp3) is 0.889. The molecule has 1 aliphatic carbocycles. The summed E-state index contributed by atoms with van der Waals surface area (Å²) in [5.41, 5.74) is 5.55. The van der Waals surface area contributed by atoms with Gasteiger partial charge in [-0.1, -0.05) is 13.8 Å². The van der Waals surface area contributed by atoms with E-state index in [9.17, 15) is 4.79 Å². The van der Waals surface area contributed by atoms with Crippen molar-refractivity contribution in [2.45, 2.75) is 26.7 Å². The van der Waals surface area contributed by atoms with Crippen LogP contribution in [0.25, 0.3) is 0 Å². The van der Waals surface area contributed by atoms with Gasteiger partial charge in [0.25, 0.3) is 0 Å². The Morgan fingerprint density at radius 3 is 2.67 bits per heavy atom. The Kier molecular flexibility index (Phi) is 2.73. The predicted molar refractivity (Wildman–Crippen MR) is 48.6 cm³/mol. The molecule has 0 radical (unpaired) electrons. The summed E-state index contributed by atoms with van der Waals surface area (Å²) in [6, 6.07) is 0. The zero-order valence-corrected chi connectivity index (χ0v) is 7.89. The average molecular weight is 170 g/mol. The Morgan fingerprint density at radius 1 is 1.67 bits per heavy atom. The van der Waals surface area contributed by atoms with Crippen LogP contribution in [0.1, 0.15) is 26.7 Å². The number of nitrogens with one attached hydrogen (secondary N) is 1. The van der Waals surface area contributed by atoms with Gasteiger partial charge in [0.2, 0.25) is 5.91 Å². The molecule has 1 saturated carbocycles. The van der Waals surface area contributed by atoms with E-state index in [1.807, 2.05) is 0 Å². The molecule has 70 valence electrons. The summed E-state index contributed by atoms with van der Waals surface area (Å²) in [6.45, 7) is 5.62. The Labute approximate surface area is 73.7 Å². The number of rotatable bonds is 4. The first kappa shape index (κ1) is 9.52. The maximum atomic E-state index is 11.3. The molecule has 0 bridgehead atoms. The zero-order chi connectivity index (χ0) is 9.19. The summed E-state index contributed by atoms with van der Waals surface area (Å²) in [5.74, 6) is 0.448. The lowest BCUT2D eigenvalue weighted by Gasteiger charge is -2.04. The van der Waals surface area contributed by atoms with Gasteiger partial charge in [-0.2, -0.15) is 0 Å². The molecular formula is C9H18N2O. The van der Waals surface area contributed by atoms with Gasteiger partial charge in [0.15, 0.2) is 0 Å². The molecule has 1 aliphatic rings. The fourth-order valence-corrected chi connectivity index (χ4v) is 1.35. The van der Waals surface area contributed by atoms with Gasteiger partial charge in [0.05, 0.1) is 0 Å². The molecule has 0 aromatic carbocycles. The van der Waals surface area contributed by atoms with Crippen molar-refractivity contribution in [3.63, 3.8) is 0 Å². The van der Waals surface area contributed by atoms with E-state index in [0.717, 1.165) is 19.4 Å². The van der Waals surface area contributed by atoms with E-state index < -0.39 is 0 Å². The second-order valence-corrected chi connectivity index (χ2v) is 4.18. The third kappa shape index (κ3) is 2.21. The molecule has 0 aromatic heterocycles. The van der Waals surface area contributed by atoms with Crippen molar-refractivity contribution in [1.82, 2.24) is 5.32 Å². The Balaban J connectivity index is 2.14. The number of nitrogens with two attached hydrogens (primary N) is 1. The van der Waals surface area contributed by atoms with Crippen LogP contribution in [0.2, 0.25) is 0 Å². The maximum Gasteiger partial charge on any atom is 0.223 e. The molecule has 1 fully saturated rings. The van der Waals surface area contributed by atoms with Crippen molar-refractivity contribution < 1.29 is 4.79 Å². The summed E-state index contributed by atoms with van der Waals surface area (Å²) in [5, 5.41) is 2.88. The standard InChI is InChI=1S/C9H18N2O/c1-9(2)6-7(9)8(12)11-5-3-4-10/h7H,3-6,10H2,1-2H3,(H,11,12). The van der Waals surface area contributed by atoms with Crippen molar-refractivity contribution in [3.05, 3.63) is 0 Å². The van der Waals surface area contributed by atoms with E-state index in [4.69, 9.17) is 5.73 Å². The molecule has 12 heavy (non-hydrogen) atoms. The maximum absolute atomic E-state index is 11.3. The average Bonchev–Trinajstić information content (AvgIpc) is 2.60. The summed E-state index contributed by atoms with van der Waals surface area (Å²) in [7, 11) is 0. The number of hydrogen-bond acceptors (Lipinski definition) is 2. The van der Waals surface area contributed by atoms with Crippen molar-refractivity contribution in [1.29, 1.82) is 0 Å². The van der Waals surface area contributed by atoms with Gasteiger partial charge < -0.3 is 11.1 Å². The Hall–Kier alpha value is -0.570. The van der Waals surface area contributed by atoms with Crippen LogP contribution in [0.5, 0.6) is 0 Å². The molecule has 0 aromatic rings. The minimum Gasteiger partial charge on any atom is -0.356 e. The van der Waals surface area contributed by atoms with Crippen LogP contribution in [0.3, 0.4) is 0 Å². The molecule has 0 spiro atoms. The topological polar surface area (TPSA) is 55.1 Å². The molecule has 0 heterocycles. The molecule has 3 nitrogen and oxygen atoms in total. The monoisotopic (exact) mass is 170 g/mol. The number of carbonyl (C=O) groups is 1. The lowest BCUT2D eigenvalue weighted by Crippen LogP contribution is -2.28. The highest BCUT2D eigenvalue weighted by atomic mass is 16.2. The molecule has 1 unspecified atom stereocenters. The first-order valence-corrected chi connectivity index (χ1v) is 4.56. The summed E-state index contributed by atoms with van der Waals surface area (Å²) in [4.78, 5) is 11.3. The predicted octanol–water partition coefficient (Wildman–Crippen LogP) is 0.497. The minimum absolute atomic E-state index is 0.202. The van der Waals surface area contributed by atoms with E-state index in [1.54, 1.807) is 0 Å². The van der Waals surface area contributed by atoms with E-state index in [0.29, 0.717) is 6.54 Å². The summed E-state index contributed by atoms with van der Waals surface area (Å²) < 4.78 is 0. The zero-order valence-electron chi connectivity index (χ0n) is 7.89. The van der Waals surface area contributed by atoms with Crippen LogP contribution >= 0.6 is 0 Å². The van der Waals surface area contributed by atoms with Gasteiger partial charge in [-0.25, -0.2) is 0 Å². The fourth-order valence-electron chi connectivity index (χ4n) is 1.35. The van der Waals surface area contributed by atoms with Crippen molar-refractivity contribution in [3.8, 4) is 0 Å². The van der Waals surface area contributed by atoms with Crippen LogP contribution in [0, 0.1) is 11.3 Å². The van der Waals surface area contributed by atoms with Crippen molar-refractivity contribution >= 4 is 5.91 Å². The quantitative estimate of drug-likeness (QED) is 0.604. The van der Waals surface area contributed by atoms with Crippen LogP contribution in [-0.2, 0) is 4.79 Å². The molecule has 3 heteroatoms. The van der Waals surface area contributed by atoms with Crippen LogP contribution < -0.4 is 11.1 Å². The second kappa shape index (κ2) is 3.44. The number of amides is 1. The molecule has 0 aliphatic heterocycles. The smallest absolute Gasteiger partial charge is 0.223 e. The largest absolute Gasteiger partial charge is 0.356 e. The first-order valence-electron chi connectivity index (χ1n) is 4.56. The van der Waals surface area contributed by atoms with Gasteiger partial charge in [-0.05, 0) is 24.8 Å². The molecule has 3 N–H and O–H groups in total. The van der Waals surface area contributed by atoms with Crippen LogP contribution in [0.4, 0.5) is 0 Å². The van der Waals surface area contributed by atoms with E-state index in [2.05, 4.69) is 19.2 Å². The van der Waals surface area contributed by atoms with E-state index >= 15 is 0 Å². The number of hydrogen-bond donors (Lipinski definition) is 2. The van der Waals surface area contributed by atoms with Crippen molar-refractivity contribution in [2.24, 2.45) is 17.1 Å². The van der Waals surface area contributed by atoms with Gasteiger partial charge in [-0.3, -0.25) is 4.79 Å². The minimum atomic E-state index is 0.202. The summed E-state index contributed by atoms with van der Waals surface area (Å²) >= 11 is 0. The van der Waals surface area contributed by atoms with Crippen molar-refractivity contribution in [2.75, 3.05) is 13.1 Å². The molecule has 1 amide bonds. The second-order valence-electron chi connectivity index (χ2n) is 4.18. The third-order valence-corrected chi connectivity index (χ3v) is 2.51. The van der Waals surface area contributed by atoms with Gasteiger partial charge in [0, 0.05) is 12.5 Å². The van der Waals surface area contributed by atoms with Gasteiger partial charge >= 0.3 is 0 Å². The lowest BCUT2D eigenvalue weighted by atomic mass is 10.1. The first-order chi connectivity index (χ1) is 5.58. The third-order valence-electron chi connectivity index (χ3n) is 2.51. The van der Waals surface area contributed by atoms with Gasteiger partial charge in [0.1, 0.15) is 0 Å². The molecule has 1 rings (SSSR count). The SMILES string of the molecule is CC1(C)CC1C(=O)NCCCN. The Bertz CT molecular complexity index is 177. The van der Waals surface area contributed by atoms with Crippen LogP contribution in [-0.4, -0.2) is 19.0 Å². The van der Waals surface area contributed by atoms with E-state index in [1.165, 1.54) is 0 Å². The Morgan fingerprint density at radius 2 is 2.25 bits per heavy atom. The highest BCUT2D eigenvalue weighted by Crippen LogP contribution is 2.51. The summed E-state index contributed by atoms with van der Waals surface area (Å²) in [6.07, 6.45) is 1.90.